The minimum absolute atomic E-state index is 0.0280. The summed E-state index contributed by atoms with van der Waals surface area (Å²) in [6.45, 7) is 2.16. The van der Waals surface area contributed by atoms with E-state index in [-0.39, 0.29) is 28.0 Å². The molecule has 1 saturated heterocycles. The second kappa shape index (κ2) is 12.7. The number of hydrogen-bond donors (Lipinski definition) is 3. The molecule has 2 aromatic rings. The van der Waals surface area contributed by atoms with Gasteiger partial charge in [0.15, 0.2) is 10.8 Å². The molecule has 2 atom stereocenters. The van der Waals surface area contributed by atoms with Gasteiger partial charge < -0.3 is 20.6 Å². The van der Waals surface area contributed by atoms with Crippen molar-refractivity contribution in [2.45, 2.75) is 29.3 Å². The summed E-state index contributed by atoms with van der Waals surface area (Å²) >= 11 is 3.22. The highest BCUT2D eigenvalue weighted by Gasteiger charge is 2.54. The lowest BCUT2D eigenvalue weighted by Crippen LogP contribution is -2.71. The smallest absolute Gasteiger partial charge is 0.425 e. The number of fused-ring (bicyclic) bond motifs is 1. The number of nitrogens with one attached hydrogen (secondary N) is 2. The van der Waals surface area contributed by atoms with Gasteiger partial charge in [-0.1, -0.05) is 23.0 Å². The summed E-state index contributed by atoms with van der Waals surface area (Å²) in [6.07, 6.45) is -2.84. The first-order valence-corrected chi connectivity index (χ1v) is 14.1. The predicted octanol–water partition coefficient (Wildman–Crippen LogP) is 0.698. The molecule has 0 aliphatic carbocycles. The lowest BCUT2D eigenvalue weighted by atomic mass is 10.0. The number of thioether (sulfide) groups is 2. The van der Waals surface area contributed by atoms with Crippen molar-refractivity contribution in [1.82, 2.24) is 35.4 Å². The van der Waals surface area contributed by atoms with Gasteiger partial charge in [0.2, 0.25) is 18.2 Å². The molecule has 3 amide bonds. The molecule has 0 bridgehead atoms. The molecule has 3 N–H and O–H groups in total. The number of aliphatic carboxylic acids is 1. The van der Waals surface area contributed by atoms with E-state index in [2.05, 4.69) is 47.7 Å². The number of allylic oxidation sites excluding steroid dienone is 1. The van der Waals surface area contributed by atoms with Crippen molar-refractivity contribution in [3.8, 4) is 0 Å². The summed E-state index contributed by atoms with van der Waals surface area (Å²) in [5.41, 5.74) is -0.718. The number of carboxylic acids is 1. The fourth-order valence-electron chi connectivity index (χ4n) is 3.57. The van der Waals surface area contributed by atoms with Crippen molar-refractivity contribution in [3.05, 3.63) is 35.0 Å². The molecule has 4 rings (SSSR count). The Morgan fingerprint density at radius 3 is 2.85 bits per heavy atom. The van der Waals surface area contributed by atoms with Crippen molar-refractivity contribution >= 4 is 69.9 Å². The molecular weight excluding hydrogens is 615 g/mol. The zero-order chi connectivity index (χ0) is 29.7. The second-order valence-electron chi connectivity index (χ2n) is 7.97. The summed E-state index contributed by atoms with van der Waals surface area (Å²) in [5.74, 6) is -2.83. The molecule has 0 saturated carbocycles. The number of anilines is 1. The first-order chi connectivity index (χ1) is 19.5. The van der Waals surface area contributed by atoms with E-state index in [0.29, 0.717) is 23.7 Å². The van der Waals surface area contributed by atoms with Gasteiger partial charge in [-0.25, -0.2) is 14.5 Å². The Morgan fingerprint density at radius 2 is 2.17 bits per heavy atom. The quantitative estimate of drug-likeness (QED) is 0.0699. The Labute approximate surface area is 240 Å². The normalized spacial score (nSPS) is 18.9. The maximum atomic E-state index is 13.0. The number of nitrogens with zero attached hydrogens (tertiary/aromatic N) is 7. The van der Waals surface area contributed by atoms with Crippen LogP contribution in [0.3, 0.4) is 0 Å². The average Bonchev–Trinajstić information content (AvgIpc) is 3.57. The molecule has 0 radical (unpaired) electrons. The number of oxime groups is 1. The van der Waals surface area contributed by atoms with Crippen LogP contribution in [0.4, 0.5) is 18.3 Å². The highest BCUT2D eigenvalue weighted by molar-refractivity contribution is 8.01. The Kier molecular flexibility index (Phi) is 9.28. The number of amides is 3. The van der Waals surface area contributed by atoms with Crippen molar-refractivity contribution in [3.63, 3.8) is 0 Å². The van der Waals surface area contributed by atoms with Gasteiger partial charge >= 0.3 is 12.1 Å². The molecular formula is C20H18F3N9O6S3. The maximum Gasteiger partial charge on any atom is 0.425 e. The molecule has 2 aliphatic rings. The number of hydrogen-bond acceptors (Lipinski definition) is 13. The van der Waals surface area contributed by atoms with E-state index in [1.54, 1.807) is 6.08 Å². The number of aromatic nitrogens is 5. The van der Waals surface area contributed by atoms with Gasteiger partial charge in [-0.05, 0) is 16.0 Å². The third-order valence-electron chi connectivity index (χ3n) is 5.24. The van der Waals surface area contributed by atoms with Gasteiger partial charge in [0.25, 0.3) is 11.8 Å². The van der Waals surface area contributed by atoms with Gasteiger partial charge in [0, 0.05) is 16.9 Å². The number of carbonyl (C=O) groups excluding carboxylic acids is 3. The Bertz CT molecular complexity index is 1430. The molecule has 0 aromatic carbocycles. The van der Waals surface area contributed by atoms with E-state index >= 15 is 0 Å². The van der Waals surface area contributed by atoms with Gasteiger partial charge in [0.1, 0.15) is 22.8 Å². The minimum Gasteiger partial charge on any atom is -0.477 e. The first-order valence-electron chi connectivity index (χ1n) is 11.2. The van der Waals surface area contributed by atoms with E-state index in [4.69, 9.17) is 0 Å². The van der Waals surface area contributed by atoms with Crippen LogP contribution < -0.4 is 10.6 Å². The van der Waals surface area contributed by atoms with Crippen LogP contribution in [0, 0.1) is 0 Å². The molecule has 15 nitrogen and oxygen atoms in total. The summed E-state index contributed by atoms with van der Waals surface area (Å²) in [6, 6.07) is -1.21. The summed E-state index contributed by atoms with van der Waals surface area (Å²) < 4.78 is 39.2. The summed E-state index contributed by atoms with van der Waals surface area (Å²) in [4.78, 5) is 58.1. The number of thiazole rings is 1. The molecule has 1 unspecified atom stereocenters. The molecule has 2 aliphatic heterocycles. The maximum absolute atomic E-state index is 13.0. The summed E-state index contributed by atoms with van der Waals surface area (Å²) in [5, 5.41) is 29.9. The third-order valence-corrected chi connectivity index (χ3v) is 8.40. The van der Waals surface area contributed by atoms with Crippen LogP contribution in [0.15, 0.2) is 39.6 Å². The highest BCUT2D eigenvalue weighted by Crippen LogP contribution is 2.41. The van der Waals surface area contributed by atoms with Crippen molar-refractivity contribution in [2.75, 3.05) is 23.4 Å². The number of alkyl halides is 3. The molecule has 41 heavy (non-hydrogen) atoms. The molecule has 0 spiro atoms. The molecule has 2 aromatic heterocycles. The molecule has 218 valence electrons. The second-order valence-corrected chi connectivity index (χ2v) is 10.9. The average molecular weight is 634 g/mol. The zero-order valence-electron chi connectivity index (χ0n) is 20.4. The van der Waals surface area contributed by atoms with Crippen molar-refractivity contribution in [2.24, 2.45) is 5.16 Å². The molecule has 21 heteroatoms. The van der Waals surface area contributed by atoms with Crippen LogP contribution in [0.2, 0.25) is 0 Å². The Hall–Kier alpha value is -3.98. The van der Waals surface area contributed by atoms with Gasteiger partial charge in [-0.15, -0.1) is 34.8 Å². The van der Waals surface area contributed by atoms with Crippen LogP contribution in [0.5, 0.6) is 0 Å². The number of rotatable bonds is 13. The predicted molar refractivity (Wildman–Crippen MR) is 139 cm³/mol. The fourth-order valence-corrected chi connectivity index (χ4v) is 6.59. The van der Waals surface area contributed by atoms with Crippen LogP contribution in [0.1, 0.15) is 5.69 Å². The minimum atomic E-state index is -4.74. The van der Waals surface area contributed by atoms with E-state index in [9.17, 15) is 37.5 Å². The topological polar surface area (TPSA) is 194 Å². The van der Waals surface area contributed by atoms with Gasteiger partial charge in [0.05, 0.1) is 6.54 Å². The number of carboxylic acid groups (broad SMARTS) is 1. The number of β-lactam (4-membered cyclic amide) rings is 1. The fraction of sp³-hybridized carbons (Fsp3) is 0.350. The number of tetrazole rings is 1. The van der Waals surface area contributed by atoms with E-state index < -0.39 is 47.7 Å². The van der Waals surface area contributed by atoms with Gasteiger partial charge in [-0.2, -0.15) is 13.2 Å². The third kappa shape index (κ3) is 6.85. The molecule has 1 fully saturated rings. The SMILES string of the molecule is C=CCn1nnnc1SCC1=C(C(=O)O)N2C(=O)C(NC(=O)/C(=N\OCC(F)(F)F)c3csc(NC=O)n3)[C@H]2SC1. The van der Waals surface area contributed by atoms with Crippen molar-refractivity contribution in [1.29, 1.82) is 0 Å². The highest BCUT2D eigenvalue weighted by atomic mass is 32.2. The van der Waals surface area contributed by atoms with Crippen LogP contribution in [0.25, 0.3) is 0 Å². The van der Waals surface area contributed by atoms with Crippen LogP contribution in [-0.4, -0.2) is 101 Å². The Balaban J connectivity index is 1.50. The first kappa shape index (κ1) is 30.0. The van der Waals surface area contributed by atoms with Crippen molar-refractivity contribution < 1.29 is 42.3 Å². The molecule has 4 heterocycles. The summed E-state index contributed by atoms with van der Waals surface area (Å²) in [7, 11) is 0. The lowest BCUT2D eigenvalue weighted by Gasteiger charge is -2.49. The van der Waals surface area contributed by atoms with Crippen LogP contribution in [-0.2, 0) is 30.6 Å². The van der Waals surface area contributed by atoms with E-state index in [1.807, 2.05) is 0 Å². The number of halogens is 3. The van der Waals surface area contributed by atoms with E-state index in [0.717, 1.165) is 16.2 Å². The largest absolute Gasteiger partial charge is 0.477 e. The monoisotopic (exact) mass is 633 g/mol. The zero-order valence-corrected chi connectivity index (χ0v) is 22.8. The lowest BCUT2D eigenvalue weighted by molar-refractivity contribution is -0.174. The standard InChI is InChI=1S/C20H18F3N9O6S3/c1-2-3-31-19(27-29-30-31)41-5-9-4-39-16-12(15(35)32(16)13(9)17(36)37)26-14(34)11(28-38-7-20(21,22)23)10-6-40-18(25-10)24-8-33/h2,6,8,12,16H,1,3-5,7H2,(H,26,34)(H,36,37)(H,24,25,33)/b28-11-/t12?,16-/m1/s1. The Morgan fingerprint density at radius 1 is 1.39 bits per heavy atom. The van der Waals surface area contributed by atoms with Gasteiger partial charge in [-0.3, -0.25) is 19.3 Å². The van der Waals surface area contributed by atoms with E-state index in [1.165, 1.54) is 33.6 Å². The van der Waals surface area contributed by atoms with Crippen LogP contribution >= 0.6 is 34.9 Å². The number of carbonyl (C=O) groups is 4.